The van der Waals surface area contributed by atoms with Crippen molar-refractivity contribution in [2.24, 2.45) is 0 Å². The zero-order valence-electron chi connectivity index (χ0n) is 35.6. The van der Waals surface area contributed by atoms with Gasteiger partial charge in [0.25, 0.3) is 0 Å². The molecule has 0 radical (unpaired) electrons. The van der Waals surface area contributed by atoms with Gasteiger partial charge in [0.15, 0.2) is 0 Å². The average molecular weight is 898 g/mol. The van der Waals surface area contributed by atoms with Gasteiger partial charge < -0.3 is 14.7 Å². The van der Waals surface area contributed by atoms with Crippen molar-refractivity contribution < 1.29 is 0 Å². The SMILES string of the molecule is c1ccc(N(c2ccc3c(c2)sc2ccccc23)c2ccc(N(c3ccccc3)c3cc(N(c4ccccc4)c4ccccc4)c4c(c3)sc3ccccc34)c3c2sc2ccccc23)cc1. The lowest BCUT2D eigenvalue weighted by atomic mass is 10.0. The van der Waals surface area contributed by atoms with Gasteiger partial charge >= 0.3 is 0 Å². The Morgan fingerprint density at radius 1 is 0.227 bits per heavy atom. The second-order valence-corrected chi connectivity index (χ2v) is 19.7. The minimum absolute atomic E-state index is 1.09. The molecule has 0 N–H and O–H groups in total. The van der Waals surface area contributed by atoms with Crippen LogP contribution in [0.2, 0.25) is 0 Å². The van der Waals surface area contributed by atoms with Crippen LogP contribution in [0.1, 0.15) is 0 Å². The molecule has 312 valence electrons. The van der Waals surface area contributed by atoms with Crippen molar-refractivity contribution in [2.75, 3.05) is 14.7 Å². The molecule has 3 nitrogen and oxygen atoms in total. The Kier molecular flexibility index (Phi) is 9.41. The monoisotopic (exact) mass is 897 g/mol. The van der Waals surface area contributed by atoms with Crippen LogP contribution in [-0.2, 0) is 0 Å². The summed E-state index contributed by atoms with van der Waals surface area (Å²) >= 11 is 5.59. The molecule has 6 heteroatoms. The Morgan fingerprint density at radius 3 is 1.23 bits per heavy atom. The van der Waals surface area contributed by atoms with Gasteiger partial charge in [0.2, 0.25) is 0 Å². The van der Waals surface area contributed by atoms with Crippen molar-refractivity contribution in [1.29, 1.82) is 0 Å². The molecule has 0 atom stereocenters. The van der Waals surface area contributed by atoms with Crippen molar-refractivity contribution in [2.45, 2.75) is 0 Å². The Labute approximate surface area is 394 Å². The summed E-state index contributed by atoms with van der Waals surface area (Å²) < 4.78 is 7.57. The van der Waals surface area contributed by atoms with Crippen molar-refractivity contribution >= 4 is 146 Å². The van der Waals surface area contributed by atoms with E-state index in [-0.39, 0.29) is 0 Å². The van der Waals surface area contributed by atoms with E-state index < -0.39 is 0 Å². The highest BCUT2D eigenvalue weighted by Gasteiger charge is 2.27. The van der Waals surface area contributed by atoms with Crippen LogP contribution in [0.5, 0.6) is 0 Å². The lowest BCUT2D eigenvalue weighted by Crippen LogP contribution is -2.14. The fourth-order valence-electron chi connectivity index (χ4n) is 9.73. The van der Waals surface area contributed by atoms with Gasteiger partial charge in [-0.25, -0.2) is 0 Å². The molecule has 0 unspecified atom stereocenters. The van der Waals surface area contributed by atoms with E-state index in [1.165, 1.54) is 60.5 Å². The van der Waals surface area contributed by atoms with E-state index in [1.54, 1.807) is 0 Å². The Bertz CT molecular complexity index is 3860. The first-order chi connectivity index (χ1) is 32.7. The van der Waals surface area contributed by atoms with Crippen molar-refractivity contribution in [3.05, 3.63) is 237 Å². The first kappa shape index (κ1) is 38.7. The third-order valence-corrected chi connectivity index (χ3v) is 16.0. The average Bonchev–Trinajstić information content (AvgIpc) is 4.08. The second kappa shape index (κ2) is 16.1. The van der Waals surface area contributed by atoms with Crippen LogP contribution in [0.15, 0.2) is 237 Å². The van der Waals surface area contributed by atoms with Crippen LogP contribution in [0.25, 0.3) is 60.5 Å². The summed E-state index contributed by atoms with van der Waals surface area (Å²) in [5.74, 6) is 0. The van der Waals surface area contributed by atoms with Crippen LogP contribution in [-0.4, -0.2) is 0 Å². The standard InChI is InChI=1S/C60H39N3S3/c1-5-19-40(20-6-1)61(41-21-7-2-8-22-41)52-37-45(39-57-58(52)48-28-14-17-31-54(48)65-57)63(43-25-11-4-12-26-43)50-35-36-51(60-59(50)49-29-15-18-32-55(49)66-60)62(42-23-9-3-10-24-42)44-33-34-47-46-27-13-16-30-53(46)64-56(47)38-44/h1-39H. The highest BCUT2D eigenvalue weighted by Crippen LogP contribution is 2.54. The first-order valence-corrected chi connectivity index (χ1v) is 24.6. The lowest BCUT2D eigenvalue weighted by molar-refractivity contribution is 1.27. The number of rotatable bonds is 9. The molecule has 10 aromatic carbocycles. The number of hydrogen-bond acceptors (Lipinski definition) is 6. The van der Waals surface area contributed by atoms with Gasteiger partial charge in [-0.1, -0.05) is 133 Å². The fourth-order valence-corrected chi connectivity index (χ4v) is 13.3. The van der Waals surface area contributed by atoms with Crippen LogP contribution < -0.4 is 14.7 Å². The van der Waals surface area contributed by atoms with Gasteiger partial charge in [0.05, 0.1) is 21.8 Å². The number of anilines is 9. The molecule has 0 aliphatic rings. The molecule has 0 bridgehead atoms. The Hall–Kier alpha value is -7.74. The van der Waals surface area contributed by atoms with E-state index in [2.05, 4.69) is 251 Å². The van der Waals surface area contributed by atoms with Crippen LogP contribution in [0, 0.1) is 0 Å². The van der Waals surface area contributed by atoms with E-state index in [1.807, 2.05) is 34.0 Å². The number of fused-ring (bicyclic) bond motifs is 9. The molecule has 0 aliphatic carbocycles. The van der Waals surface area contributed by atoms with E-state index in [0.717, 1.165) is 51.2 Å². The second-order valence-electron chi connectivity index (χ2n) is 16.5. The van der Waals surface area contributed by atoms with Gasteiger partial charge in [-0.3, -0.25) is 0 Å². The molecule has 0 aliphatic heterocycles. The topological polar surface area (TPSA) is 9.72 Å². The Morgan fingerprint density at radius 2 is 0.636 bits per heavy atom. The lowest BCUT2D eigenvalue weighted by Gasteiger charge is -2.31. The number of para-hydroxylation sites is 4. The predicted octanol–water partition coefficient (Wildman–Crippen LogP) is 19.2. The summed E-state index contributed by atoms with van der Waals surface area (Å²) in [7, 11) is 0. The maximum atomic E-state index is 2.49. The van der Waals surface area contributed by atoms with Gasteiger partial charge in [0.1, 0.15) is 0 Å². The molecule has 13 rings (SSSR count). The minimum Gasteiger partial charge on any atom is -0.310 e. The highest BCUT2D eigenvalue weighted by molar-refractivity contribution is 7.27. The minimum atomic E-state index is 1.09. The summed E-state index contributed by atoms with van der Waals surface area (Å²) in [5, 5.41) is 7.56. The molecular weight excluding hydrogens is 859 g/mol. The van der Waals surface area contributed by atoms with Crippen molar-refractivity contribution in [1.82, 2.24) is 0 Å². The summed E-state index contributed by atoms with van der Waals surface area (Å²) in [6, 6.07) is 86.4. The zero-order chi connectivity index (χ0) is 43.6. The molecule has 0 saturated carbocycles. The maximum Gasteiger partial charge on any atom is 0.0641 e. The summed E-state index contributed by atoms with van der Waals surface area (Å²) in [6.45, 7) is 0. The van der Waals surface area contributed by atoms with E-state index in [4.69, 9.17) is 0 Å². The molecule has 0 saturated heterocycles. The smallest absolute Gasteiger partial charge is 0.0641 e. The Balaban J connectivity index is 1.09. The quantitative estimate of drug-likeness (QED) is 0.143. The van der Waals surface area contributed by atoms with Gasteiger partial charge in [-0.15, -0.1) is 34.0 Å². The molecule has 3 heterocycles. The largest absolute Gasteiger partial charge is 0.310 e. The summed E-state index contributed by atoms with van der Waals surface area (Å²) in [4.78, 5) is 7.37. The van der Waals surface area contributed by atoms with E-state index in [0.29, 0.717) is 0 Å². The third kappa shape index (κ3) is 6.45. The number of nitrogens with zero attached hydrogens (tertiary/aromatic N) is 3. The van der Waals surface area contributed by atoms with Crippen LogP contribution in [0.4, 0.5) is 51.2 Å². The third-order valence-electron chi connectivity index (χ3n) is 12.6. The summed E-state index contributed by atoms with van der Waals surface area (Å²) in [6.07, 6.45) is 0. The number of hydrogen-bond donors (Lipinski definition) is 0. The van der Waals surface area contributed by atoms with Crippen molar-refractivity contribution in [3.63, 3.8) is 0 Å². The molecule has 66 heavy (non-hydrogen) atoms. The van der Waals surface area contributed by atoms with Crippen molar-refractivity contribution in [3.8, 4) is 0 Å². The van der Waals surface area contributed by atoms with E-state index in [9.17, 15) is 0 Å². The van der Waals surface area contributed by atoms with Crippen LogP contribution in [0.3, 0.4) is 0 Å². The number of benzene rings is 10. The zero-order valence-corrected chi connectivity index (χ0v) is 38.0. The molecule has 0 fully saturated rings. The molecule has 13 aromatic rings. The molecule has 0 spiro atoms. The van der Waals surface area contributed by atoms with Crippen LogP contribution >= 0.6 is 34.0 Å². The van der Waals surface area contributed by atoms with Gasteiger partial charge in [-0.2, -0.15) is 0 Å². The predicted molar refractivity (Wildman–Crippen MR) is 289 cm³/mol. The van der Waals surface area contributed by atoms with E-state index >= 15 is 0 Å². The summed E-state index contributed by atoms with van der Waals surface area (Å²) in [5.41, 5.74) is 10.1. The maximum absolute atomic E-state index is 2.49. The molecule has 3 aromatic heterocycles. The van der Waals surface area contributed by atoms with Gasteiger partial charge in [-0.05, 0) is 103 Å². The number of thiophene rings is 3. The normalized spacial score (nSPS) is 11.6. The molecule has 0 amide bonds. The van der Waals surface area contributed by atoms with Gasteiger partial charge in [0, 0.05) is 89.9 Å². The first-order valence-electron chi connectivity index (χ1n) is 22.2. The highest BCUT2D eigenvalue weighted by atomic mass is 32.1. The molecular formula is C60H39N3S3. The fraction of sp³-hybridized carbons (Fsp3) is 0.